The van der Waals surface area contributed by atoms with E-state index in [2.05, 4.69) is 70.2 Å². The van der Waals surface area contributed by atoms with Gasteiger partial charge in [-0.15, -0.1) is 11.3 Å². The lowest BCUT2D eigenvalue weighted by Gasteiger charge is -2.39. The van der Waals surface area contributed by atoms with Crippen LogP contribution in [0.5, 0.6) is 0 Å². The van der Waals surface area contributed by atoms with Crippen LogP contribution in [0.15, 0.2) is 22.6 Å². The Balaban J connectivity index is 2.85. The summed E-state index contributed by atoms with van der Waals surface area (Å²) in [5, 5.41) is 14.3. The number of allylic oxidation sites excluding steroid dienone is 1. The summed E-state index contributed by atoms with van der Waals surface area (Å²) < 4.78 is 12.1. The molecule has 4 atom stereocenters. The average molecular weight is 678 g/mol. The summed E-state index contributed by atoms with van der Waals surface area (Å²) in [6.45, 7) is 29.5. The zero-order valence-electron chi connectivity index (χ0n) is 31.4. The number of hydrogen-bond acceptors (Lipinski definition) is 8. The topological polar surface area (TPSA) is 103 Å². The third-order valence-electron chi connectivity index (χ3n) is 9.22. The molecule has 9 heteroatoms. The lowest BCUT2D eigenvalue weighted by molar-refractivity contribution is -0.158. The fourth-order valence-electron chi connectivity index (χ4n) is 5.00. The second-order valence-electron chi connectivity index (χ2n) is 16.2. The highest BCUT2D eigenvalue weighted by atomic mass is 32.1. The monoisotopic (exact) mass is 677 g/mol. The number of carbonyl (C=O) groups excluding carboxylic acids is 3. The van der Waals surface area contributed by atoms with E-state index in [0.717, 1.165) is 36.4 Å². The van der Waals surface area contributed by atoms with Crippen LogP contribution in [0.4, 0.5) is 0 Å². The number of nitrogens with zero attached hydrogens (tertiary/aromatic N) is 1. The van der Waals surface area contributed by atoms with Gasteiger partial charge in [-0.25, -0.2) is 4.98 Å². The molecule has 0 saturated carbocycles. The number of aliphatic hydroxyl groups excluding tert-OH is 1. The zero-order chi connectivity index (χ0) is 35.8. The molecule has 1 rings (SSSR count). The maximum absolute atomic E-state index is 13.3. The normalized spacial score (nSPS) is 16.5. The van der Waals surface area contributed by atoms with Crippen molar-refractivity contribution in [2.24, 2.45) is 17.3 Å². The van der Waals surface area contributed by atoms with Gasteiger partial charge in [-0.05, 0) is 117 Å². The molecule has 0 unspecified atom stereocenters. The molecule has 0 aliphatic carbocycles. The van der Waals surface area contributed by atoms with Crippen LogP contribution in [0.2, 0.25) is 18.1 Å². The molecule has 262 valence electrons. The standard InChI is InChI=1S/C37H63NO6SSi/c1-24(19-20-30(44-46(14,15)36(9,10)11)26(3)21-29-23-45-28(5)38-29)17-16-18-25(2)33(41)27(4)34(42)37(12,13)31(39)22-32(40)43-35(6,7)8/h19,21,23,25,27,30,33,41H,16-18,20,22H2,1-15H3/b24-19+,26-21+/t25-,27+,30+,33-/m0/s1. The van der Waals surface area contributed by atoms with Crippen LogP contribution in [0, 0.1) is 24.2 Å². The quantitative estimate of drug-likeness (QED) is 0.0759. The number of ketones is 2. The molecule has 0 fully saturated rings. The van der Waals surface area contributed by atoms with Gasteiger partial charge in [0.25, 0.3) is 0 Å². The number of aliphatic hydroxyl groups is 1. The molecular weight excluding hydrogens is 615 g/mol. The van der Waals surface area contributed by atoms with E-state index >= 15 is 0 Å². The minimum absolute atomic E-state index is 0.0353. The first kappa shape index (κ1) is 42.1. The number of Topliss-reactive ketones (excluding diaryl/α,β-unsaturated/α-hetero) is 2. The average Bonchev–Trinajstić information content (AvgIpc) is 3.31. The summed E-state index contributed by atoms with van der Waals surface area (Å²) in [7, 11) is -2.01. The van der Waals surface area contributed by atoms with Gasteiger partial charge in [0.15, 0.2) is 19.9 Å². The lowest BCUT2D eigenvalue weighted by atomic mass is 9.73. The summed E-state index contributed by atoms with van der Waals surface area (Å²) in [4.78, 5) is 43.0. The van der Waals surface area contributed by atoms with E-state index in [1.165, 1.54) is 25.0 Å². The highest BCUT2D eigenvalue weighted by Gasteiger charge is 2.42. The van der Waals surface area contributed by atoms with Crippen LogP contribution in [0.25, 0.3) is 6.08 Å². The van der Waals surface area contributed by atoms with Crippen LogP contribution in [0.1, 0.15) is 126 Å². The van der Waals surface area contributed by atoms with Crippen molar-refractivity contribution in [2.45, 2.75) is 158 Å². The van der Waals surface area contributed by atoms with E-state index in [4.69, 9.17) is 9.16 Å². The van der Waals surface area contributed by atoms with E-state index < -0.39 is 49.5 Å². The molecule has 0 radical (unpaired) electrons. The Bertz CT molecular complexity index is 1250. The fraction of sp³-hybridized carbons (Fsp3) is 0.730. The predicted molar refractivity (Wildman–Crippen MR) is 193 cm³/mol. The van der Waals surface area contributed by atoms with Crippen molar-refractivity contribution in [2.75, 3.05) is 0 Å². The molecule has 7 nitrogen and oxygen atoms in total. The summed E-state index contributed by atoms with van der Waals surface area (Å²) in [5.41, 5.74) is 1.29. The van der Waals surface area contributed by atoms with Gasteiger partial charge >= 0.3 is 5.97 Å². The van der Waals surface area contributed by atoms with Crippen LogP contribution >= 0.6 is 11.3 Å². The third-order valence-corrected chi connectivity index (χ3v) is 14.5. The van der Waals surface area contributed by atoms with Gasteiger partial charge in [-0.2, -0.15) is 0 Å². The Hall–Kier alpha value is -1.94. The van der Waals surface area contributed by atoms with Crippen molar-refractivity contribution in [1.82, 2.24) is 4.98 Å². The number of aromatic nitrogens is 1. The van der Waals surface area contributed by atoms with Gasteiger partial charge in [-0.3, -0.25) is 14.4 Å². The van der Waals surface area contributed by atoms with Crippen molar-refractivity contribution >= 4 is 43.3 Å². The van der Waals surface area contributed by atoms with Crippen LogP contribution in [0.3, 0.4) is 0 Å². The number of rotatable bonds is 17. The number of carbonyl (C=O) groups is 3. The largest absolute Gasteiger partial charge is 0.460 e. The minimum atomic E-state index is -2.01. The maximum atomic E-state index is 13.3. The van der Waals surface area contributed by atoms with Gasteiger partial charge in [0, 0.05) is 11.3 Å². The second-order valence-corrected chi connectivity index (χ2v) is 22.0. The smallest absolute Gasteiger partial charge is 0.313 e. The zero-order valence-corrected chi connectivity index (χ0v) is 33.2. The lowest BCUT2D eigenvalue weighted by Crippen LogP contribution is -2.44. The van der Waals surface area contributed by atoms with E-state index in [1.54, 1.807) is 39.0 Å². The van der Waals surface area contributed by atoms with Crippen LogP contribution < -0.4 is 0 Å². The van der Waals surface area contributed by atoms with Crippen molar-refractivity contribution in [3.05, 3.63) is 33.3 Å². The van der Waals surface area contributed by atoms with Gasteiger partial charge in [0.05, 0.1) is 28.3 Å². The first-order valence-corrected chi connectivity index (χ1v) is 20.5. The molecule has 1 aromatic rings. The number of thiazole rings is 1. The highest BCUT2D eigenvalue weighted by molar-refractivity contribution is 7.09. The Morgan fingerprint density at radius 3 is 2.13 bits per heavy atom. The highest BCUT2D eigenvalue weighted by Crippen LogP contribution is 2.39. The SMILES string of the molecule is C/C(=C\C[C@@H](O[Si](C)(C)C(C)(C)C)/C(C)=C/c1csc(C)n1)CCC[C@H](C)[C@H](O)[C@@H](C)C(=O)C(C)(C)C(=O)CC(=O)OC(C)(C)C. The molecule has 0 aliphatic heterocycles. The molecule has 0 amide bonds. The van der Waals surface area contributed by atoms with Gasteiger partial charge < -0.3 is 14.3 Å². The summed E-state index contributed by atoms with van der Waals surface area (Å²) in [6.07, 6.45) is 6.27. The third kappa shape index (κ3) is 13.3. The predicted octanol–water partition coefficient (Wildman–Crippen LogP) is 9.28. The number of esters is 1. The van der Waals surface area contributed by atoms with Crippen molar-refractivity contribution < 1.29 is 28.7 Å². The van der Waals surface area contributed by atoms with Crippen LogP contribution in [-0.4, -0.2) is 53.8 Å². The molecule has 1 heterocycles. The molecule has 46 heavy (non-hydrogen) atoms. The van der Waals surface area contributed by atoms with Gasteiger partial charge in [-0.1, -0.05) is 46.3 Å². The summed E-state index contributed by atoms with van der Waals surface area (Å²) >= 11 is 1.65. The Morgan fingerprint density at radius 1 is 1.04 bits per heavy atom. The molecule has 0 spiro atoms. The minimum Gasteiger partial charge on any atom is -0.460 e. The van der Waals surface area contributed by atoms with Crippen molar-refractivity contribution in [3.63, 3.8) is 0 Å². The Kier molecular flexibility index (Phi) is 15.5. The van der Waals surface area contributed by atoms with Crippen LogP contribution in [-0.2, 0) is 23.5 Å². The molecule has 0 saturated heterocycles. The molecule has 1 aromatic heterocycles. The molecule has 0 aromatic carbocycles. The van der Waals surface area contributed by atoms with E-state index in [0.29, 0.717) is 0 Å². The fourth-order valence-corrected chi connectivity index (χ4v) is 6.92. The van der Waals surface area contributed by atoms with Crippen molar-refractivity contribution in [3.8, 4) is 0 Å². The second kappa shape index (κ2) is 16.9. The summed E-state index contributed by atoms with van der Waals surface area (Å²) in [5.74, 6) is -2.39. The first-order chi connectivity index (χ1) is 20.8. The van der Waals surface area contributed by atoms with Gasteiger partial charge in [0.2, 0.25) is 0 Å². The number of ether oxygens (including phenoxy) is 1. The van der Waals surface area contributed by atoms with E-state index in [-0.39, 0.29) is 22.8 Å². The number of aryl methyl sites for hydroxylation is 1. The molecule has 1 N–H and O–H groups in total. The first-order valence-electron chi connectivity index (χ1n) is 16.7. The molecule has 0 aliphatic rings. The molecule has 0 bridgehead atoms. The van der Waals surface area contributed by atoms with E-state index in [9.17, 15) is 19.5 Å². The van der Waals surface area contributed by atoms with Crippen molar-refractivity contribution in [1.29, 1.82) is 0 Å². The number of hydrogen-bond donors (Lipinski definition) is 1. The van der Waals surface area contributed by atoms with E-state index in [1.807, 2.05) is 13.8 Å². The van der Waals surface area contributed by atoms with Gasteiger partial charge in [0.1, 0.15) is 12.0 Å². The maximum Gasteiger partial charge on any atom is 0.313 e. The Labute approximate surface area is 284 Å². The molecular formula is C37H63NO6SSi. The Morgan fingerprint density at radius 2 is 1.63 bits per heavy atom. The summed E-state index contributed by atoms with van der Waals surface area (Å²) in [6, 6.07) is 0.